The number of aromatic amines is 1. The van der Waals surface area contributed by atoms with Gasteiger partial charge in [-0.2, -0.15) is 0 Å². The van der Waals surface area contributed by atoms with E-state index in [4.69, 9.17) is 10.8 Å². The lowest BCUT2D eigenvalue weighted by molar-refractivity contribution is 0.275. The van der Waals surface area contributed by atoms with Crippen LogP contribution in [0.1, 0.15) is 18.3 Å². The van der Waals surface area contributed by atoms with E-state index in [-0.39, 0.29) is 18.5 Å². The molecule has 0 aliphatic rings. The van der Waals surface area contributed by atoms with Gasteiger partial charge in [-0.3, -0.25) is 0 Å². The van der Waals surface area contributed by atoms with Crippen LogP contribution in [0.25, 0.3) is 11.0 Å². The van der Waals surface area contributed by atoms with E-state index in [1.165, 1.54) is 6.07 Å². The number of rotatable bonds is 3. The van der Waals surface area contributed by atoms with Crippen LogP contribution in [0.5, 0.6) is 0 Å². The first-order chi connectivity index (χ1) is 7.61. The minimum Gasteiger partial charge on any atom is -0.396 e. The monoisotopic (exact) mass is 287 g/mol. The maximum Gasteiger partial charge on any atom is 0.139 e. The van der Waals surface area contributed by atoms with Gasteiger partial charge in [-0.1, -0.05) is 0 Å². The first-order valence-corrected chi connectivity index (χ1v) is 5.62. The molecule has 16 heavy (non-hydrogen) atoms. The van der Waals surface area contributed by atoms with E-state index in [1.807, 2.05) is 0 Å². The van der Waals surface area contributed by atoms with Gasteiger partial charge in [0.15, 0.2) is 0 Å². The van der Waals surface area contributed by atoms with Crippen LogP contribution in [0.4, 0.5) is 4.39 Å². The number of hydrogen-bond donors (Lipinski definition) is 3. The molecule has 0 bridgehead atoms. The van der Waals surface area contributed by atoms with Gasteiger partial charge in [-0.25, -0.2) is 9.37 Å². The Kier molecular flexibility index (Phi) is 3.22. The molecule has 86 valence electrons. The molecule has 1 heterocycles. The van der Waals surface area contributed by atoms with Crippen LogP contribution in [-0.2, 0) is 0 Å². The van der Waals surface area contributed by atoms with Crippen molar-refractivity contribution >= 4 is 27.0 Å². The molecule has 0 amide bonds. The highest BCUT2D eigenvalue weighted by Gasteiger charge is 2.12. The van der Waals surface area contributed by atoms with E-state index < -0.39 is 0 Å². The molecule has 4 nitrogen and oxygen atoms in total. The first kappa shape index (κ1) is 11.5. The van der Waals surface area contributed by atoms with Gasteiger partial charge in [0.1, 0.15) is 11.6 Å². The molecule has 2 rings (SSSR count). The summed E-state index contributed by atoms with van der Waals surface area (Å²) in [7, 11) is 0. The first-order valence-electron chi connectivity index (χ1n) is 4.83. The Morgan fingerprint density at radius 2 is 2.31 bits per heavy atom. The lowest BCUT2D eigenvalue weighted by Crippen LogP contribution is -2.13. The lowest BCUT2D eigenvalue weighted by atomic mass is 10.2. The van der Waals surface area contributed by atoms with E-state index >= 15 is 0 Å². The normalized spacial score (nSPS) is 13.2. The van der Waals surface area contributed by atoms with Gasteiger partial charge in [0, 0.05) is 12.7 Å². The van der Waals surface area contributed by atoms with Gasteiger partial charge >= 0.3 is 0 Å². The molecule has 0 aliphatic heterocycles. The molecule has 0 spiro atoms. The summed E-state index contributed by atoms with van der Waals surface area (Å²) in [5.41, 5.74) is 7.04. The largest absolute Gasteiger partial charge is 0.396 e. The fraction of sp³-hybridized carbons (Fsp3) is 0.300. The van der Waals surface area contributed by atoms with Crippen LogP contribution in [0.2, 0.25) is 0 Å². The van der Waals surface area contributed by atoms with Crippen LogP contribution in [0.3, 0.4) is 0 Å². The predicted octanol–water partition coefficient (Wildman–Crippen LogP) is 1.85. The zero-order chi connectivity index (χ0) is 11.7. The molecule has 0 saturated heterocycles. The second-order valence-electron chi connectivity index (χ2n) is 3.52. The number of nitrogens with zero attached hydrogens (tertiary/aromatic N) is 1. The van der Waals surface area contributed by atoms with Crippen LogP contribution >= 0.6 is 15.9 Å². The van der Waals surface area contributed by atoms with Crippen molar-refractivity contribution in [1.29, 1.82) is 0 Å². The van der Waals surface area contributed by atoms with Crippen molar-refractivity contribution in [3.8, 4) is 0 Å². The Balaban J connectivity index is 2.43. The van der Waals surface area contributed by atoms with E-state index in [0.717, 1.165) is 0 Å². The van der Waals surface area contributed by atoms with Gasteiger partial charge in [-0.15, -0.1) is 0 Å². The van der Waals surface area contributed by atoms with Gasteiger partial charge in [-0.05, 0) is 28.4 Å². The van der Waals surface area contributed by atoms with Crippen molar-refractivity contribution in [3.05, 3.63) is 28.2 Å². The van der Waals surface area contributed by atoms with E-state index in [0.29, 0.717) is 27.8 Å². The number of halogens is 2. The van der Waals surface area contributed by atoms with Gasteiger partial charge < -0.3 is 15.8 Å². The fourth-order valence-electron chi connectivity index (χ4n) is 1.48. The third kappa shape index (κ3) is 2.09. The fourth-order valence-corrected chi connectivity index (χ4v) is 1.81. The number of H-pyrrole nitrogens is 1. The molecule has 2 aromatic rings. The van der Waals surface area contributed by atoms with Crippen molar-refractivity contribution in [2.45, 2.75) is 12.5 Å². The van der Waals surface area contributed by atoms with Gasteiger partial charge in [0.05, 0.1) is 21.5 Å². The smallest absolute Gasteiger partial charge is 0.139 e. The molecule has 0 fully saturated rings. The average molecular weight is 288 g/mol. The third-order valence-corrected chi connectivity index (χ3v) is 2.94. The van der Waals surface area contributed by atoms with Crippen LogP contribution in [0, 0.1) is 5.82 Å². The number of benzene rings is 1. The molecule has 1 atom stereocenters. The second kappa shape index (κ2) is 4.48. The Morgan fingerprint density at radius 3 is 3.00 bits per heavy atom. The number of imidazole rings is 1. The number of aliphatic hydroxyl groups is 1. The molecule has 6 heteroatoms. The van der Waals surface area contributed by atoms with Crippen molar-refractivity contribution in [3.63, 3.8) is 0 Å². The summed E-state index contributed by atoms with van der Waals surface area (Å²) < 4.78 is 13.6. The van der Waals surface area contributed by atoms with Gasteiger partial charge in [0.2, 0.25) is 0 Å². The number of aliphatic hydroxyl groups excluding tert-OH is 1. The minimum atomic E-state index is -0.362. The van der Waals surface area contributed by atoms with Crippen LogP contribution < -0.4 is 5.73 Å². The Hall–Kier alpha value is -0.980. The van der Waals surface area contributed by atoms with E-state index in [9.17, 15) is 4.39 Å². The predicted molar refractivity (Wildman–Crippen MR) is 62.4 cm³/mol. The Labute approximate surface area is 99.8 Å². The third-order valence-electron chi connectivity index (χ3n) is 2.33. The zero-order valence-corrected chi connectivity index (χ0v) is 9.96. The van der Waals surface area contributed by atoms with Crippen molar-refractivity contribution < 1.29 is 9.50 Å². The summed E-state index contributed by atoms with van der Waals surface area (Å²) in [6.45, 7) is -0.00370. The SMILES string of the molecule is NC(CCO)c1nc2cc(Br)c(F)cc2[nH]1. The lowest BCUT2D eigenvalue weighted by Gasteiger charge is -2.04. The van der Waals surface area contributed by atoms with Crippen molar-refractivity contribution in [1.82, 2.24) is 9.97 Å². The number of nitrogens with two attached hydrogens (primary N) is 1. The van der Waals surface area contributed by atoms with Gasteiger partial charge in [0.25, 0.3) is 0 Å². The number of aromatic nitrogens is 2. The summed E-state index contributed by atoms with van der Waals surface area (Å²) >= 11 is 3.09. The minimum absolute atomic E-state index is 0.00370. The average Bonchev–Trinajstić information content (AvgIpc) is 2.62. The highest BCUT2D eigenvalue weighted by atomic mass is 79.9. The highest BCUT2D eigenvalue weighted by Crippen LogP contribution is 2.23. The zero-order valence-electron chi connectivity index (χ0n) is 8.37. The van der Waals surface area contributed by atoms with Crippen molar-refractivity contribution in [2.75, 3.05) is 6.61 Å². The maximum absolute atomic E-state index is 13.2. The van der Waals surface area contributed by atoms with E-state index in [2.05, 4.69) is 25.9 Å². The number of fused-ring (bicyclic) bond motifs is 1. The summed E-state index contributed by atoms with van der Waals surface area (Å²) in [6, 6.07) is 2.59. The Bertz CT molecular complexity index is 475. The molecule has 0 aliphatic carbocycles. The summed E-state index contributed by atoms with van der Waals surface area (Å²) in [5, 5.41) is 8.77. The summed E-state index contributed by atoms with van der Waals surface area (Å²) in [4.78, 5) is 7.18. The number of nitrogens with one attached hydrogen (secondary N) is 1. The second-order valence-corrected chi connectivity index (χ2v) is 4.38. The topological polar surface area (TPSA) is 74.9 Å². The van der Waals surface area contributed by atoms with E-state index in [1.54, 1.807) is 6.07 Å². The molecule has 0 saturated carbocycles. The molecule has 0 radical (unpaired) electrons. The molecule has 1 unspecified atom stereocenters. The van der Waals surface area contributed by atoms with Crippen molar-refractivity contribution in [2.24, 2.45) is 5.73 Å². The molecular formula is C10H11BrFN3O. The molecular weight excluding hydrogens is 277 g/mol. The van der Waals surface area contributed by atoms with Crippen LogP contribution in [0.15, 0.2) is 16.6 Å². The molecule has 1 aromatic heterocycles. The summed E-state index contributed by atoms with van der Waals surface area (Å²) in [6.07, 6.45) is 0.420. The molecule has 1 aromatic carbocycles. The highest BCUT2D eigenvalue weighted by molar-refractivity contribution is 9.10. The van der Waals surface area contributed by atoms with Crippen LogP contribution in [-0.4, -0.2) is 21.7 Å². The quantitative estimate of drug-likeness (QED) is 0.806. The standard InChI is InChI=1S/C10H11BrFN3O/c11-5-3-8-9(4-6(5)12)15-10(14-8)7(13)1-2-16/h3-4,7,16H,1-2,13H2,(H,14,15). The Morgan fingerprint density at radius 1 is 1.56 bits per heavy atom. The number of hydrogen-bond acceptors (Lipinski definition) is 3. The molecule has 4 N–H and O–H groups in total. The maximum atomic E-state index is 13.2. The summed E-state index contributed by atoms with van der Waals surface area (Å²) in [5.74, 6) is 0.208.